The maximum Gasteiger partial charge on any atom is 0.254 e. The number of amidine groups is 1. The second kappa shape index (κ2) is 12.4. The molecule has 3 rings (SSSR count). The Hall–Kier alpha value is -4.08. The van der Waals surface area contributed by atoms with Gasteiger partial charge in [-0.3, -0.25) is 19.8 Å². The number of nitrogens with zero attached hydrogens (tertiary/aromatic N) is 2. The number of amides is 2. The fourth-order valence-corrected chi connectivity index (χ4v) is 4.49. The molecule has 0 saturated carbocycles. The second-order valence-electron chi connectivity index (χ2n) is 11.0. The predicted molar refractivity (Wildman–Crippen MR) is 153 cm³/mol. The molecule has 0 saturated heterocycles. The summed E-state index contributed by atoms with van der Waals surface area (Å²) >= 11 is 0. The van der Waals surface area contributed by atoms with E-state index in [0.29, 0.717) is 54.0 Å². The molecule has 2 aromatic rings. The normalized spacial score (nSPS) is 12.7. The van der Waals surface area contributed by atoms with Crippen LogP contribution in [-0.4, -0.2) is 79.2 Å². The molecule has 0 unspecified atom stereocenters. The van der Waals surface area contributed by atoms with Gasteiger partial charge >= 0.3 is 0 Å². The lowest BCUT2D eigenvalue weighted by Gasteiger charge is -2.24. The molecule has 2 amide bonds. The smallest absolute Gasteiger partial charge is 0.254 e. The number of fused-ring (bicyclic) bond motifs is 1. The van der Waals surface area contributed by atoms with Crippen molar-refractivity contribution in [3.05, 3.63) is 52.1 Å². The minimum atomic E-state index is -0.470. The van der Waals surface area contributed by atoms with Crippen LogP contribution in [-0.2, 0) is 16.8 Å². The lowest BCUT2D eigenvalue weighted by atomic mass is 9.84. The van der Waals surface area contributed by atoms with Crippen molar-refractivity contribution in [2.24, 2.45) is 0 Å². The van der Waals surface area contributed by atoms with Crippen LogP contribution >= 0.6 is 0 Å². The maximum absolute atomic E-state index is 13.5. The van der Waals surface area contributed by atoms with Gasteiger partial charge in [-0.25, -0.2) is 0 Å². The fraction of sp³-hybridized carbons (Fsp3) is 0.467. The minimum Gasteiger partial charge on any atom is -0.504 e. The summed E-state index contributed by atoms with van der Waals surface area (Å²) in [6.07, 6.45) is 0.771. The van der Waals surface area contributed by atoms with Gasteiger partial charge in [0.05, 0.1) is 25.3 Å². The van der Waals surface area contributed by atoms with Crippen LogP contribution in [0.5, 0.6) is 17.2 Å². The first kappa shape index (κ1) is 30.5. The average Bonchev–Trinajstić information content (AvgIpc) is 3.19. The summed E-state index contributed by atoms with van der Waals surface area (Å²) in [6, 6.07) is 6.58. The summed E-state index contributed by atoms with van der Waals surface area (Å²) in [5.41, 5.74) is 2.16. The van der Waals surface area contributed by atoms with E-state index in [4.69, 9.17) is 14.9 Å². The van der Waals surface area contributed by atoms with Gasteiger partial charge in [-0.2, -0.15) is 0 Å². The highest BCUT2D eigenvalue weighted by molar-refractivity contribution is 6.07. The number of ether oxygens (including phenoxy) is 2. The molecule has 3 N–H and O–H groups in total. The van der Waals surface area contributed by atoms with Gasteiger partial charge in [-0.15, -0.1) is 0 Å². The average molecular weight is 553 g/mol. The van der Waals surface area contributed by atoms with E-state index in [0.717, 1.165) is 5.56 Å². The number of carbonyl (C=O) groups excluding carboxylic acids is 3. The molecule has 1 aliphatic heterocycles. The SMILES string of the molecule is CCOc1cc2c(cc1C(=O)NC)C(=N)N(CC(=O)c1cc(OCCCC(=O)N(C)C)c(O)c(C(C)(C)C)c1)C2. The first-order valence-corrected chi connectivity index (χ1v) is 13.4. The Morgan fingerprint density at radius 3 is 2.40 bits per heavy atom. The van der Waals surface area contributed by atoms with Crippen molar-refractivity contribution in [3.63, 3.8) is 0 Å². The van der Waals surface area contributed by atoms with Crippen LogP contribution in [0, 0.1) is 5.41 Å². The van der Waals surface area contributed by atoms with Gasteiger partial charge in [0.1, 0.15) is 11.6 Å². The number of ketones is 1. The van der Waals surface area contributed by atoms with Gasteiger partial charge in [-0.1, -0.05) is 20.8 Å². The van der Waals surface area contributed by atoms with Crippen LogP contribution < -0.4 is 14.8 Å². The van der Waals surface area contributed by atoms with Crippen molar-refractivity contribution < 1.29 is 29.0 Å². The lowest BCUT2D eigenvalue weighted by molar-refractivity contribution is -0.128. The van der Waals surface area contributed by atoms with Crippen LogP contribution in [0.15, 0.2) is 24.3 Å². The summed E-state index contributed by atoms with van der Waals surface area (Å²) in [5, 5.41) is 22.2. The van der Waals surface area contributed by atoms with Crippen molar-refractivity contribution in [2.45, 2.75) is 52.5 Å². The molecule has 0 aromatic heterocycles. The molecule has 0 fully saturated rings. The molecule has 10 nitrogen and oxygen atoms in total. The van der Waals surface area contributed by atoms with Crippen molar-refractivity contribution in [2.75, 3.05) is 40.9 Å². The van der Waals surface area contributed by atoms with Crippen LogP contribution in [0.4, 0.5) is 0 Å². The van der Waals surface area contributed by atoms with Crippen LogP contribution in [0.2, 0.25) is 0 Å². The molecular formula is C30H40N4O6. The largest absolute Gasteiger partial charge is 0.504 e. The molecule has 216 valence electrons. The molecule has 0 radical (unpaired) electrons. The number of phenolic OH excluding ortho intramolecular Hbond substituents is 1. The van der Waals surface area contributed by atoms with E-state index < -0.39 is 5.41 Å². The van der Waals surface area contributed by atoms with Gasteiger partial charge in [0.25, 0.3) is 5.91 Å². The Morgan fingerprint density at radius 1 is 1.10 bits per heavy atom. The molecule has 0 spiro atoms. The zero-order valence-electron chi connectivity index (χ0n) is 24.4. The number of benzene rings is 2. The standard InChI is InChI=1S/C30H40N4O6/c1-8-39-24-14-19-16-34(28(31)20(19)15-21(24)29(38)32-5)17-23(35)18-12-22(30(2,3)4)27(37)25(13-18)40-11-9-10-26(36)33(6)7/h12-15,31,37H,8-11,16-17H2,1-7H3,(H,32,38). The number of aromatic hydroxyl groups is 1. The third-order valence-electron chi connectivity index (χ3n) is 6.74. The summed E-state index contributed by atoms with van der Waals surface area (Å²) in [6.45, 7) is 8.47. The van der Waals surface area contributed by atoms with Gasteiger partial charge in [0, 0.05) is 50.8 Å². The first-order chi connectivity index (χ1) is 18.8. The first-order valence-electron chi connectivity index (χ1n) is 13.4. The molecule has 1 aliphatic rings. The van der Waals surface area contributed by atoms with Crippen LogP contribution in [0.3, 0.4) is 0 Å². The van der Waals surface area contributed by atoms with Crippen LogP contribution in [0.1, 0.15) is 77.9 Å². The fourth-order valence-electron chi connectivity index (χ4n) is 4.49. The summed E-state index contributed by atoms with van der Waals surface area (Å²) in [4.78, 5) is 40.9. The number of Topliss-reactive ketones (excluding diaryl/α,β-unsaturated/α-hetero) is 1. The number of carbonyl (C=O) groups is 3. The monoisotopic (exact) mass is 552 g/mol. The summed E-state index contributed by atoms with van der Waals surface area (Å²) in [7, 11) is 4.92. The van der Waals surface area contributed by atoms with E-state index in [-0.39, 0.29) is 48.1 Å². The summed E-state index contributed by atoms with van der Waals surface area (Å²) in [5.74, 6) is 0.159. The minimum absolute atomic E-state index is 0.0167. The quantitative estimate of drug-likeness (QED) is 0.286. The van der Waals surface area contributed by atoms with Crippen molar-refractivity contribution in [3.8, 4) is 17.2 Å². The maximum atomic E-state index is 13.5. The zero-order chi connectivity index (χ0) is 29.8. The lowest BCUT2D eigenvalue weighted by Crippen LogP contribution is -2.30. The predicted octanol–water partition coefficient (Wildman–Crippen LogP) is 3.72. The highest BCUT2D eigenvalue weighted by Gasteiger charge is 2.30. The number of nitrogens with one attached hydrogen (secondary N) is 2. The Labute approximate surface area is 235 Å². The summed E-state index contributed by atoms with van der Waals surface area (Å²) < 4.78 is 11.5. The molecule has 40 heavy (non-hydrogen) atoms. The highest BCUT2D eigenvalue weighted by Crippen LogP contribution is 2.39. The number of hydrogen-bond acceptors (Lipinski definition) is 7. The van der Waals surface area contributed by atoms with Crippen molar-refractivity contribution in [1.82, 2.24) is 15.1 Å². The zero-order valence-corrected chi connectivity index (χ0v) is 24.4. The molecule has 10 heteroatoms. The van der Waals surface area contributed by atoms with E-state index in [1.54, 1.807) is 37.2 Å². The number of rotatable bonds is 11. The van der Waals surface area contributed by atoms with E-state index >= 15 is 0 Å². The van der Waals surface area contributed by atoms with E-state index in [9.17, 15) is 19.5 Å². The Bertz CT molecular complexity index is 1310. The Kier molecular flexibility index (Phi) is 9.44. The number of phenols is 1. The molecular weight excluding hydrogens is 512 g/mol. The van der Waals surface area contributed by atoms with E-state index in [1.807, 2.05) is 27.7 Å². The molecule has 2 aromatic carbocycles. The topological polar surface area (TPSA) is 132 Å². The van der Waals surface area contributed by atoms with Crippen LogP contribution in [0.25, 0.3) is 0 Å². The van der Waals surface area contributed by atoms with Gasteiger partial charge in [-0.05, 0) is 48.6 Å². The Balaban J connectivity index is 1.84. The Morgan fingerprint density at radius 2 is 1.80 bits per heavy atom. The van der Waals surface area contributed by atoms with Gasteiger partial charge < -0.3 is 29.7 Å². The van der Waals surface area contributed by atoms with E-state index in [1.165, 1.54) is 18.0 Å². The third-order valence-corrected chi connectivity index (χ3v) is 6.74. The van der Waals surface area contributed by atoms with Crippen molar-refractivity contribution >= 4 is 23.4 Å². The van der Waals surface area contributed by atoms with Gasteiger partial charge in [0.15, 0.2) is 17.3 Å². The van der Waals surface area contributed by atoms with Crippen molar-refractivity contribution in [1.29, 1.82) is 5.41 Å². The van der Waals surface area contributed by atoms with Gasteiger partial charge in [0.2, 0.25) is 5.91 Å². The molecule has 0 atom stereocenters. The molecule has 1 heterocycles. The third kappa shape index (κ3) is 6.73. The second-order valence-corrected chi connectivity index (χ2v) is 11.0. The number of hydrogen-bond donors (Lipinski definition) is 3. The molecule has 0 bridgehead atoms. The van der Waals surface area contributed by atoms with E-state index in [2.05, 4.69) is 5.32 Å². The molecule has 0 aliphatic carbocycles. The highest BCUT2D eigenvalue weighted by atomic mass is 16.5.